The van der Waals surface area contributed by atoms with E-state index >= 15 is 0 Å². The molecular weight excluding hydrogens is 184 g/mol. The molecule has 1 aliphatic heterocycles. The maximum Gasteiger partial charge on any atom is 0.0220 e. The van der Waals surface area contributed by atoms with Gasteiger partial charge in [-0.2, -0.15) is 0 Å². The lowest BCUT2D eigenvalue weighted by atomic mass is 9.93. The molecule has 1 fully saturated rings. The lowest BCUT2D eigenvalue weighted by Gasteiger charge is -2.42. The number of hydrogen-bond acceptors (Lipinski definition) is 2. The number of hydrogen-bond donors (Lipinski definition) is 1. The van der Waals surface area contributed by atoms with Gasteiger partial charge >= 0.3 is 0 Å². The Labute approximate surface area is 95.4 Å². The molecule has 0 radical (unpaired) electrons. The molecule has 0 spiro atoms. The van der Waals surface area contributed by atoms with Crippen LogP contribution in [0.15, 0.2) is 0 Å². The number of nitrogens with zero attached hydrogens (tertiary/aromatic N) is 1. The number of rotatable bonds is 5. The van der Waals surface area contributed by atoms with Crippen molar-refractivity contribution in [3.63, 3.8) is 0 Å². The van der Waals surface area contributed by atoms with Crippen LogP contribution in [0, 0.1) is 5.92 Å². The van der Waals surface area contributed by atoms with Crippen LogP contribution in [0.4, 0.5) is 0 Å². The Hall–Kier alpha value is -0.0800. The van der Waals surface area contributed by atoms with Crippen molar-refractivity contribution in [2.45, 2.75) is 59.0 Å². The highest BCUT2D eigenvalue weighted by atomic mass is 15.2. The third-order valence-corrected chi connectivity index (χ3v) is 3.74. The van der Waals surface area contributed by atoms with E-state index in [9.17, 15) is 0 Å². The second-order valence-electron chi connectivity index (χ2n) is 5.10. The standard InChI is InChI=1S/C13H28N2/c1-5-13(9-14-6-2)15-10-11(3)7-8-12(15)4/h11-14H,5-10H2,1-4H3. The predicted molar refractivity (Wildman–Crippen MR) is 67.2 cm³/mol. The van der Waals surface area contributed by atoms with E-state index in [1.165, 1.54) is 25.8 Å². The van der Waals surface area contributed by atoms with E-state index < -0.39 is 0 Å². The van der Waals surface area contributed by atoms with E-state index in [0.717, 1.165) is 31.1 Å². The van der Waals surface area contributed by atoms with Gasteiger partial charge in [0.25, 0.3) is 0 Å². The van der Waals surface area contributed by atoms with Gasteiger partial charge in [0.1, 0.15) is 0 Å². The first-order chi connectivity index (χ1) is 7.19. The van der Waals surface area contributed by atoms with E-state index in [-0.39, 0.29) is 0 Å². The molecule has 1 heterocycles. The van der Waals surface area contributed by atoms with Crippen LogP contribution < -0.4 is 5.32 Å². The van der Waals surface area contributed by atoms with Crippen molar-refractivity contribution < 1.29 is 0 Å². The number of likely N-dealkylation sites (N-methyl/N-ethyl adjacent to an activating group) is 1. The van der Waals surface area contributed by atoms with Gasteiger partial charge in [-0.3, -0.25) is 4.90 Å². The van der Waals surface area contributed by atoms with Crippen LogP contribution in [0.3, 0.4) is 0 Å². The van der Waals surface area contributed by atoms with Crippen LogP contribution in [0.2, 0.25) is 0 Å². The highest BCUT2D eigenvalue weighted by molar-refractivity contribution is 4.83. The Morgan fingerprint density at radius 2 is 2.00 bits per heavy atom. The first-order valence-electron chi connectivity index (χ1n) is 6.65. The first kappa shape index (κ1) is 13.0. The summed E-state index contributed by atoms with van der Waals surface area (Å²) < 4.78 is 0. The molecule has 2 nitrogen and oxygen atoms in total. The van der Waals surface area contributed by atoms with Gasteiger partial charge in [0, 0.05) is 25.2 Å². The molecule has 1 saturated heterocycles. The summed E-state index contributed by atoms with van der Waals surface area (Å²) in [5.41, 5.74) is 0. The minimum atomic E-state index is 0.739. The lowest BCUT2D eigenvalue weighted by molar-refractivity contribution is 0.0743. The summed E-state index contributed by atoms with van der Waals surface area (Å²) in [6.07, 6.45) is 4.06. The van der Waals surface area contributed by atoms with Crippen LogP contribution in [-0.2, 0) is 0 Å². The predicted octanol–water partition coefficient (Wildman–Crippen LogP) is 2.49. The van der Waals surface area contributed by atoms with Crippen molar-refractivity contribution in [1.82, 2.24) is 10.2 Å². The molecule has 0 amide bonds. The molecule has 0 bridgehead atoms. The van der Waals surface area contributed by atoms with Crippen molar-refractivity contribution in [2.75, 3.05) is 19.6 Å². The van der Waals surface area contributed by atoms with E-state index in [1.54, 1.807) is 0 Å². The van der Waals surface area contributed by atoms with E-state index in [4.69, 9.17) is 0 Å². The Kier molecular flexibility index (Phi) is 5.62. The molecule has 2 heteroatoms. The summed E-state index contributed by atoms with van der Waals surface area (Å²) >= 11 is 0. The Bertz CT molecular complexity index is 170. The fourth-order valence-corrected chi connectivity index (χ4v) is 2.64. The zero-order valence-electron chi connectivity index (χ0n) is 10.9. The fourth-order valence-electron chi connectivity index (χ4n) is 2.64. The summed E-state index contributed by atoms with van der Waals surface area (Å²) in [7, 11) is 0. The summed E-state index contributed by atoms with van der Waals surface area (Å²) in [5, 5.41) is 3.49. The van der Waals surface area contributed by atoms with Crippen LogP contribution >= 0.6 is 0 Å². The molecule has 0 saturated carbocycles. The third kappa shape index (κ3) is 3.76. The van der Waals surface area contributed by atoms with Crippen molar-refractivity contribution in [1.29, 1.82) is 0 Å². The Morgan fingerprint density at radius 3 is 2.60 bits per heavy atom. The molecule has 3 unspecified atom stereocenters. The van der Waals surface area contributed by atoms with Crippen LogP contribution in [0.5, 0.6) is 0 Å². The molecule has 1 rings (SSSR count). The molecule has 3 atom stereocenters. The largest absolute Gasteiger partial charge is 0.315 e. The summed E-state index contributed by atoms with van der Waals surface area (Å²) in [5.74, 6) is 0.886. The van der Waals surface area contributed by atoms with Gasteiger partial charge in [-0.05, 0) is 38.6 Å². The lowest BCUT2D eigenvalue weighted by Crippen LogP contribution is -2.50. The first-order valence-corrected chi connectivity index (χ1v) is 6.65. The Morgan fingerprint density at radius 1 is 1.27 bits per heavy atom. The molecule has 15 heavy (non-hydrogen) atoms. The smallest absolute Gasteiger partial charge is 0.0220 e. The molecular formula is C13H28N2. The average Bonchev–Trinajstić information content (AvgIpc) is 2.24. The number of piperidine rings is 1. The zero-order valence-corrected chi connectivity index (χ0v) is 10.9. The summed E-state index contributed by atoms with van der Waals surface area (Å²) in [4.78, 5) is 2.72. The van der Waals surface area contributed by atoms with E-state index in [0.29, 0.717) is 0 Å². The van der Waals surface area contributed by atoms with Gasteiger partial charge in [-0.1, -0.05) is 20.8 Å². The maximum atomic E-state index is 3.49. The highest BCUT2D eigenvalue weighted by Gasteiger charge is 2.27. The van der Waals surface area contributed by atoms with Crippen LogP contribution in [0.1, 0.15) is 47.0 Å². The van der Waals surface area contributed by atoms with Crippen LogP contribution in [0.25, 0.3) is 0 Å². The molecule has 1 aliphatic rings. The van der Waals surface area contributed by atoms with Gasteiger partial charge in [0.2, 0.25) is 0 Å². The van der Waals surface area contributed by atoms with Crippen LogP contribution in [-0.4, -0.2) is 36.6 Å². The zero-order chi connectivity index (χ0) is 11.3. The average molecular weight is 212 g/mol. The SMILES string of the molecule is CCNCC(CC)N1CC(C)CCC1C. The molecule has 0 aliphatic carbocycles. The van der Waals surface area contributed by atoms with E-state index in [1.807, 2.05) is 0 Å². The molecule has 1 N–H and O–H groups in total. The number of nitrogens with one attached hydrogen (secondary N) is 1. The minimum absolute atomic E-state index is 0.739. The van der Waals surface area contributed by atoms with Crippen molar-refractivity contribution in [2.24, 2.45) is 5.92 Å². The second-order valence-corrected chi connectivity index (χ2v) is 5.10. The van der Waals surface area contributed by atoms with Crippen molar-refractivity contribution in [3.05, 3.63) is 0 Å². The van der Waals surface area contributed by atoms with Gasteiger partial charge < -0.3 is 5.32 Å². The number of likely N-dealkylation sites (tertiary alicyclic amines) is 1. The molecule has 0 aromatic carbocycles. The molecule has 0 aromatic heterocycles. The quantitative estimate of drug-likeness (QED) is 0.753. The third-order valence-electron chi connectivity index (χ3n) is 3.74. The summed E-state index contributed by atoms with van der Waals surface area (Å²) in [6, 6.07) is 1.52. The molecule has 90 valence electrons. The minimum Gasteiger partial charge on any atom is -0.315 e. The van der Waals surface area contributed by atoms with Gasteiger partial charge in [0.05, 0.1) is 0 Å². The van der Waals surface area contributed by atoms with Gasteiger partial charge in [-0.15, -0.1) is 0 Å². The fraction of sp³-hybridized carbons (Fsp3) is 1.00. The highest BCUT2D eigenvalue weighted by Crippen LogP contribution is 2.24. The van der Waals surface area contributed by atoms with Crippen molar-refractivity contribution >= 4 is 0 Å². The topological polar surface area (TPSA) is 15.3 Å². The summed E-state index contributed by atoms with van der Waals surface area (Å²) in [6.45, 7) is 12.8. The molecule has 0 aromatic rings. The van der Waals surface area contributed by atoms with E-state index in [2.05, 4.69) is 37.9 Å². The van der Waals surface area contributed by atoms with Gasteiger partial charge in [0.15, 0.2) is 0 Å². The normalized spacial score (nSPS) is 30.4. The maximum absolute atomic E-state index is 3.49. The monoisotopic (exact) mass is 212 g/mol. The van der Waals surface area contributed by atoms with Crippen molar-refractivity contribution in [3.8, 4) is 0 Å². The second kappa shape index (κ2) is 6.49. The Balaban J connectivity index is 2.48. The van der Waals surface area contributed by atoms with Gasteiger partial charge in [-0.25, -0.2) is 0 Å².